The van der Waals surface area contributed by atoms with E-state index in [1.165, 1.54) is 24.0 Å². The van der Waals surface area contributed by atoms with Crippen molar-refractivity contribution in [3.8, 4) is 0 Å². The molecule has 5 heteroatoms. The summed E-state index contributed by atoms with van der Waals surface area (Å²) in [5, 5.41) is 9.15. The van der Waals surface area contributed by atoms with Gasteiger partial charge in [-0.3, -0.25) is 14.4 Å². The molecule has 0 saturated carbocycles. The molecule has 1 aliphatic heterocycles. The number of hydrogen-bond acceptors (Lipinski definition) is 3. The first-order valence-corrected chi connectivity index (χ1v) is 9.11. The van der Waals surface area contributed by atoms with Gasteiger partial charge in [-0.05, 0) is 48.8 Å². The van der Waals surface area contributed by atoms with Gasteiger partial charge in [-0.15, -0.1) is 0 Å². The highest BCUT2D eigenvalue weighted by Crippen LogP contribution is 2.25. The fraction of sp³-hybridized carbons (Fsp3) is 0.550. The van der Waals surface area contributed by atoms with E-state index in [0.29, 0.717) is 12.1 Å². The lowest BCUT2D eigenvalue weighted by molar-refractivity contribution is -0.142. The van der Waals surface area contributed by atoms with Crippen molar-refractivity contribution >= 4 is 17.7 Å². The van der Waals surface area contributed by atoms with Crippen molar-refractivity contribution in [1.82, 2.24) is 4.90 Å². The van der Waals surface area contributed by atoms with Crippen LogP contribution in [0, 0.1) is 11.8 Å². The van der Waals surface area contributed by atoms with Crippen LogP contribution in [0.1, 0.15) is 54.1 Å². The molecular weight excluding hydrogens is 318 g/mol. The van der Waals surface area contributed by atoms with Crippen molar-refractivity contribution in [3.63, 3.8) is 0 Å². The van der Waals surface area contributed by atoms with Crippen molar-refractivity contribution in [3.05, 3.63) is 34.9 Å². The molecule has 1 aliphatic carbocycles. The topological polar surface area (TPSA) is 74.7 Å². The standard InChI is InChI=1S/C20H25NO4/c1-13-11-21(12-17(13)20(24)25)19(23)9-8-18(22)16-7-6-14-4-2-3-5-15(14)10-16/h6-7,10,13,17H,2-5,8-9,11-12H2,1H3,(H,24,25)/t13-,17-/m1/s1. The van der Waals surface area contributed by atoms with Crippen LogP contribution in [0.2, 0.25) is 0 Å². The van der Waals surface area contributed by atoms with E-state index in [9.17, 15) is 14.4 Å². The summed E-state index contributed by atoms with van der Waals surface area (Å²) in [4.78, 5) is 37.5. The number of carboxylic acid groups (broad SMARTS) is 1. The van der Waals surface area contributed by atoms with Crippen LogP contribution in [0.5, 0.6) is 0 Å². The van der Waals surface area contributed by atoms with Crippen molar-refractivity contribution in [2.75, 3.05) is 13.1 Å². The Morgan fingerprint density at radius 1 is 1.08 bits per heavy atom. The lowest BCUT2D eigenvalue weighted by Crippen LogP contribution is -2.30. The zero-order valence-electron chi connectivity index (χ0n) is 14.7. The molecule has 1 N–H and O–H groups in total. The summed E-state index contributed by atoms with van der Waals surface area (Å²) in [7, 11) is 0. The summed E-state index contributed by atoms with van der Waals surface area (Å²) in [6, 6.07) is 5.90. The molecule has 0 aromatic heterocycles. The van der Waals surface area contributed by atoms with Gasteiger partial charge in [0, 0.05) is 31.5 Å². The molecule has 1 aromatic rings. The molecule has 1 saturated heterocycles. The number of aryl methyl sites for hydroxylation is 2. The van der Waals surface area contributed by atoms with E-state index in [2.05, 4.69) is 0 Å². The van der Waals surface area contributed by atoms with E-state index in [-0.39, 0.29) is 37.0 Å². The fourth-order valence-electron chi connectivity index (χ4n) is 3.92. The van der Waals surface area contributed by atoms with E-state index in [1.807, 2.05) is 25.1 Å². The Labute approximate surface area is 148 Å². The number of benzene rings is 1. The summed E-state index contributed by atoms with van der Waals surface area (Å²) >= 11 is 0. The number of Topliss-reactive ketones (excluding diaryl/α,β-unsaturated/α-hetero) is 1. The highest BCUT2D eigenvalue weighted by Gasteiger charge is 2.36. The van der Waals surface area contributed by atoms with Gasteiger partial charge in [0.25, 0.3) is 0 Å². The Kier molecular flexibility index (Phi) is 5.21. The van der Waals surface area contributed by atoms with Gasteiger partial charge in [0.15, 0.2) is 5.78 Å². The van der Waals surface area contributed by atoms with Gasteiger partial charge in [-0.25, -0.2) is 0 Å². The number of nitrogens with zero attached hydrogens (tertiary/aromatic N) is 1. The maximum absolute atomic E-state index is 12.4. The molecule has 0 radical (unpaired) electrons. The zero-order chi connectivity index (χ0) is 18.0. The quantitative estimate of drug-likeness (QED) is 0.834. The smallest absolute Gasteiger partial charge is 0.308 e. The average Bonchev–Trinajstić information content (AvgIpc) is 3.01. The number of carbonyl (C=O) groups excluding carboxylic acids is 2. The predicted octanol–water partition coefficient (Wildman–Crippen LogP) is 2.71. The molecule has 25 heavy (non-hydrogen) atoms. The number of carbonyl (C=O) groups is 3. The maximum Gasteiger partial charge on any atom is 0.308 e. The first-order valence-electron chi connectivity index (χ1n) is 9.11. The predicted molar refractivity (Wildman–Crippen MR) is 93.5 cm³/mol. The summed E-state index contributed by atoms with van der Waals surface area (Å²) in [5.74, 6) is -1.53. The minimum Gasteiger partial charge on any atom is -0.481 e. The number of aliphatic carboxylic acids is 1. The number of rotatable bonds is 5. The molecule has 2 atom stereocenters. The number of hydrogen-bond donors (Lipinski definition) is 1. The Hall–Kier alpha value is -2.17. The van der Waals surface area contributed by atoms with Crippen molar-refractivity contribution < 1.29 is 19.5 Å². The second kappa shape index (κ2) is 7.38. The van der Waals surface area contributed by atoms with Crippen LogP contribution in [0.15, 0.2) is 18.2 Å². The van der Waals surface area contributed by atoms with Crippen LogP contribution < -0.4 is 0 Å². The molecule has 0 bridgehead atoms. The zero-order valence-corrected chi connectivity index (χ0v) is 14.7. The molecule has 5 nitrogen and oxygen atoms in total. The Bertz CT molecular complexity index is 697. The Balaban J connectivity index is 1.55. The summed E-state index contributed by atoms with van der Waals surface area (Å²) in [6.07, 6.45) is 4.81. The highest BCUT2D eigenvalue weighted by molar-refractivity contribution is 5.98. The van der Waals surface area contributed by atoms with Crippen molar-refractivity contribution in [2.24, 2.45) is 11.8 Å². The fourth-order valence-corrected chi connectivity index (χ4v) is 3.92. The molecule has 1 heterocycles. The van der Waals surface area contributed by atoms with Gasteiger partial charge < -0.3 is 10.0 Å². The first kappa shape index (κ1) is 17.6. The third-order valence-electron chi connectivity index (χ3n) is 5.52. The third kappa shape index (κ3) is 3.91. The first-order chi connectivity index (χ1) is 12.0. The molecule has 0 spiro atoms. The lowest BCUT2D eigenvalue weighted by Gasteiger charge is -2.17. The molecule has 2 aliphatic rings. The second-order valence-corrected chi connectivity index (χ2v) is 7.33. The van der Waals surface area contributed by atoms with Crippen LogP contribution in [-0.2, 0) is 22.4 Å². The number of ketones is 1. The molecule has 1 fully saturated rings. The molecule has 1 amide bonds. The molecule has 3 rings (SSSR count). The molecule has 0 unspecified atom stereocenters. The molecule has 134 valence electrons. The number of likely N-dealkylation sites (tertiary alicyclic amines) is 1. The van der Waals surface area contributed by atoms with E-state index in [4.69, 9.17) is 5.11 Å². The van der Waals surface area contributed by atoms with Crippen LogP contribution in [0.25, 0.3) is 0 Å². The summed E-state index contributed by atoms with van der Waals surface area (Å²) in [6.45, 7) is 2.57. The van der Waals surface area contributed by atoms with E-state index < -0.39 is 11.9 Å². The van der Waals surface area contributed by atoms with Crippen LogP contribution in [-0.4, -0.2) is 40.8 Å². The number of carboxylic acids is 1. The van der Waals surface area contributed by atoms with Gasteiger partial charge in [0.1, 0.15) is 0 Å². The van der Waals surface area contributed by atoms with Crippen LogP contribution in [0.4, 0.5) is 0 Å². The molecule has 1 aromatic carbocycles. The lowest BCUT2D eigenvalue weighted by atomic mass is 9.89. The van der Waals surface area contributed by atoms with E-state index in [0.717, 1.165) is 12.8 Å². The van der Waals surface area contributed by atoms with Crippen LogP contribution >= 0.6 is 0 Å². The monoisotopic (exact) mass is 343 g/mol. The van der Waals surface area contributed by atoms with Gasteiger partial charge >= 0.3 is 5.97 Å². The normalized spacial score (nSPS) is 22.5. The maximum atomic E-state index is 12.4. The van der Waals surface area contributed by atoms with E-state index in [1.54, 1.807) is 4.90 Å². The van der Waals surface area contributed by atoms with Crippen LogP contribution in [0.3, 0.4) is 0 Å². The SMILES string of the molecule is C[C@@H]1CN(C(=O)CCC(=O)c2ccc3c(c2)CCCC3)C[C@H]1C(=O)O. The Morgan fingerprint density at radius 2 is 1.80 bits per heavy atom. The Morgan fingerprint density at radius 3 is 2.48 bits per heavy atom. The summed E-state index contributed by atoms with van der Waals surface area (Å²) < 4.78 is 0. The van der Waals surface area contributed by atoms with Gasteiger partial charge in [-0.1, -0.05) is 19.1 Å². The number of amides is 1. The second-order valence-electron chi connectivity index (χ2n) is 7.33. The van der Waals surface area contributed by atoms with Gasteiger partial charge in [0.05, 0.1) is 5.92 Å². The minimum atomic E-state index is -0.854. The molecular formula is C20H25NO4. The highest BCUT2D eigenvalue weighted by atomic mass is 16.4. The van der Waals surface area contributed by atoms with Crippen molar-refractivity contribution in [1.29, 1.82) is 0 Å². The van der Waals surface area contributed by atoms with Gasteiger partial charge in [0.2, 0.25) is 5.91 Å². The third-order valence-corrected chi connectivity index (χ3v) is 5.52. The van der Waals surface area contributed by atoms with Gasteiger partial charge in [-0.2, -0.15) is 0 Å². The summed E-state index contributed by atoms with van der Waals surface area (Å²) in [5.41, 5.74) is 3.29. The van der Waals surface area contributed by atoms with Crippen molar-refractivity contribution in [2.45, 2.75) is 45.4 Å². The number of fused-ring (bicyclic) bond motifs is 1. The van der Waals surface area contributed by atoms with E-state index >= 15 is 0 Å². The largest absolute Gasteiger partial charge is 0.481 e. The average molecular weight is 343 g/mol. The minimum absolute atomic E-state index is 0.0104.